The number of nitrogens with one attached hydrogen (secondary N) is 1. The second-order valence-corrected chi connectivity index (χ2v) is 5.82. The average Bonchev–Trinajstić information content (AvgIpc) is 2.56. The third kappa shape index (κ3) is 10.5. The normalized spacial score (nSPS) is 16.2. The summed E-state index contributed by atoms with van der Waals surface area (Å²) < 4.78 is 0. The standard InChI is InChI=1S/C11H15NO.C7H13NO2.K/c13-10-12-9-5-4-8-11-6-2-1-3-7-11;1-6-4-2-3-5-8(6)7(9)10;/h1-3,6-7,10H,4-5,8-9H2,(H,12,13);6H,2-5H2,1H3,(H,9,10);/q;;+1/p-1. The van der Waals surface area contributed by atoms with Crippen molar-refractivity contribution in [2.24, 2.45) is 0 Å². The molecule has 1 N–H and O–H groups in total. The largest absolute Gasteiger partial charge is 1.00 e. The van der Waals surface area contributed by atoms with E-state index in [0.29, 0.717) is 6.54 Å². The zero-order chi connectivity index (χ0) is 16.9. The van der Waals surface area contributed by atoms with Gasteiger partial charge in [-0.3, -0.25) is 4.79 Å². The summed E-state index contributed by atoms with van der Waals surface area (Å²) >= 11 is 0. The third-order valence-corrected chi connectivity index (χ3v) is 4.00. The van der Waals surface area contributed by atoms with Crippen LogP contribution in [0.15, 0.2) is 30.3 Å². The summed E-state index contributed by atoms with van der Waals surface area (Å²) in [6.07, 6.45) is 6.12. The maximum Gasteiger partial charge on any atom is 1.00 e. The van der Waals surface area contributed by atoms with E-state index in [2.05, 4.69) is 29.6 Å². The SMILES string of the molecule is CC1CCCCN1C(=O)[O-].O=CNCCCCc1ccccc1.[K+]. The summed E-state index contributed by atoms with van der Waals surface area (Å²) in [7, 11) is 0. The summed E-state index contributed by atoms with van der Waals surface area (Å²) in [5.74, 6) is 0. The molecule has 0 bridgehead atoms. The van der Waals surface area contributed by atoms with E-state index in [1.54, 1.807) is 0 Å². The molecule has 1 atom stereocenters. The van der Waals surface area contributed by atoms with Crippen molar-refractivity contribution in [3.8, 4) is 0 Å². The van der Waals surface area contributed by atoms with Crippen LogP contribution in [-0.4, -0.2) is 36.5 Å². The van der Waals surface area contributed by atoms with E-state index in [4.69, 9.17) is 0 Å². The molecule has 0 aromatic heterocycles. The number of likely N-dealkylation sites (tertiary alicyclic amines) is 1. The molecule has 24 heavy (non-hydrogen) atoms. The van der Waals surface area contributed by atoms with Gasteiger partial charge in [-0.15, -0.1) is 0 Å². The van der Waals surface area contributed by atoms with Crippen LogP contribution in [0.25, 0.3) is 0 Å². The Bertz CT molecular complexity index is 457. The molecule has 6 heteroatoms. The minimum atomic E-state index is -1.02. The molecule has 1 heterocycles. The van der Waals surface area contributed by atoms with E-state index < -0.39 is 6.09 Å². The third-order valence-electron chi connectivity index (χ3n) is 4.00. The van der Waals surface area contributed by atoms with Crippen molar-refractivity contribution in [2.75, 3.05) is 13.1 Å². The average molecular weight is 359 g/mol. The van der Waals surface area contributed by atoms with E-state index in [0.717, 1.165) is 51.5 Å². The Kier molecular flexibility index (Phi) is 14.6. The van der Waals surface area contributed by atoms with Crippen molar-refractivity contribution >= 4 is 12.5 Å². The predicted octanol–water partition coefficient (Wildman–Crippen LogP) is -1.04. The molecule has 0 saturated carbocycles. The van der Waals surface area contributed by atoms with Crippen LogP contribution in [0, 0.1) is 0 Å². The van der Waals surface area contributed by atoms with Crippen LogP contribution in [-0.2, 0) is 11.2 Å². The summed E-state index contributed by atoms with van der Waals surface area (Å²) in [5.41, 5.74) is 1.37. The van der Waals surface area contributed by atoms with E-state index in [9.17, 15) is 14.7 Å². The van der Waals surface area contributed by atoms with Gasteiger partial charge in [-0.1, -0.05) is 30.3 Å². The van der Waals surface area contributed by atoms with Crippen molar-refractivity contribution in [1.29, 1.82) is 0 Å². The number of carboxylic acid groups (broad SMARTS) is 1. The molecule has 1 aromatic rings. The Balaban J connectivity index is 0.000000436. The smallest absolute Gasteiger partial charge is 0.530 e. The van der Waals surface area contributed by atoms with Crippen molar-refractivity contribution in [3.63, 3.8) is 0 Å². The molecule has 1 unspecified atom stereocenters. The fourth-order valence-corrected chi connectivity index (χ4v) is 2.63. The van der Waals surface area contributed by atoms with Crippen LogP contribution in [0.2, 0.25) is 0 Å². The first-order chi connectivity index (χ1) is 11.1. The van der Waals surface area contributed by atoms with Crippen LogP contribution in [0.5, 0.6) is 0 Å². The number of benzene rings is 1. The number of rotatable bonds is 6. The van der Waals surface area contributed by atoms with Crippen LogP contribution in [0.1, 0.15) is 44.6 Å². The van der Waals surface area contributed by atoms with Crippen LogP contribution in [0.3, 0.4) is 0 Å². The molecule has 1 aliphatic rings. The fourth-order valence-electron chi connectivity index (χ4n) is 2.63. The zero-order valence-electron chi connectivity index (χ0n) is 14.9. The van der Waals surface area contributed by atoms with E-state index in [1.165, 1.54) is 10.5 Å². The van der Waals surface area contributed by atoms with Crippen molar-refractivity contribution in [1.82, 2.24) is 10.2 Å². The Morgan fingerprint density at radius 1 is 1.29 bits per heavy atom. The van der Waals surface area contributed by atoms with Gasteiger partial charge in [0.25, 0.3) is 0 Å². The Hall–Kier alpha value is -0.404. The Morgan fingerprint density at radius 3 is 2.54 bits per heavy atom. The Labute approximate surface area is 187 Å². The fraction of sp³-hybridized carbons (Fsp3) is 0.556. The first kappa shape index (κ1) is 23.6. The maximum absolute atomic E-state index is 10.4. The topological polar surface area (TPSA) is 72.5 Å². The molecule has 0 radical (unpaired) electrons. The number of unbranched alkanes of at least 4 members (excludes halogenated alkanes) is 1. The molecule has 5 nitrogen and oxygen atoms in total. The second kappa shape index (κ2) is 14.9. The molecule has 1 saturated heterocycles. The van der Waals surface area contributed by atoms with Gasteiger partial charge < -0.3 is 20.1 Å². The first-order valence-corrected chi connectivity index (χ1v) is 8.33. The van der Waals surface area contributed by atoms with Crippen molar-refractivity contribution in [2.45, 2.75) is 51.5 Å². The number of carbonyl (C=O) groups is 2. The molecule has 1 aromatic carbocycles. The van der Waals surface area contributed by atoms with Crippen molar-refractivity contribution in [3.05, 3.63) is 35.9 Å². The van der Waals surface area contributed by atoms with Gasteiger partial charge in [0.2, 0.25) is 6.41 Å². The maximum atomic E-state index is 10.4. The quantitative estimate of drug-likeness (QED) is 0.401. The number of amides is 2. The predicted molar refractivity (Wildman–Crippen MR) is 88.9 cm³/mol. The number of piperidine rings is 1. The van der Waals surface area contributed by atoms with Crippen molar-refractivity contribution < 1.29 is 66.1 Å². The summed E-state index contributed by atoms with van der Waals surface area (Å²) in [4.78, 5) is 21.7. The molecular formula is C18H27KN2O3. The molecule has 0 aliphatic carbocycles. The van der Waals surface area contributed by atoms with Gasteiger partial charge in [-0.25, -0.2) is 0 Å². The van der Waals surface area contributed by atoms with E-state index >= 15 is 0 Å². The minimum absolute atomic E-state index is 0. The van der Waals surface area contributed by atoms with Crippen LogP contribution >= 0.6 is 0 Å². The van der Waals surface area contributed by atoms with Gasteiger partial charge in [0.15, 0.2) is 0 Å². The zero-order valence-corrected chi connectivity index (χ0v) is 18.0. The summed E-state index contributed by atoms with van der Waals surface area (Å²) in [6.45, 7) is 3.37. The number of aryl methyl sites for hydroxylation is 1. The molecule has 1 fully saturated rings. The summed E-state index contributed by atoms with van der Waals surface area (Å²) in [6, 6.07) is 10.6. The van der Waals surface area contributed by atoms with Gasteiger partial charge in [-0.2, -0.15) is 0 Å². The second-order valence-electron chi connectivity index (χ2n) is 5.82. The number of hydrogen-bond acceptors (Lipinski definition) is 3. The molecule has 1 aliphatic heterocycles. The van der Waals surface area contributed by atoms with Gasteiger partial charge in [0.1, 0.15) is 6.09 Å². The van der Waals surface area contributed by atoms with Crippen LogP contribution in [0.4, 0.5) is 4.79 Å². The molecular weight excluding hydrogens is 331 g/mol. The first-order valence-electron chi connectivity index (χ1n) is 8.33. The molecule has 2 rings (SSSR count). The number of nitrogens with zero attached hydrogens (tertiary/aromatic N) is 1. The van der Waals surface area contributed by atoms with Gasteiger partial charge in [-0.05, 0) is 51.0 Å². The van der Waals surface area contributed by atoms with E-state index in [1.807, 2.05) is 13.0 Å². The van der Waals surface area contributed by atoms with Gasteiger partial charge in [0.05, 0.1) is 0 Å². The minimum Gasteiger partial charge on any atom is -0.530 e. The molecule has 2 amide bonds. The molecule has 128 valence electrons. The molecule has 0 spiro atoms. The number of hydrogen-bond donors (Lipinski definition) is 1. The van der Waals surface area contributed by atoms with Crippen LogP contribution < -0.4 is 61.8 Å². The monoisotopic (exact) mass is 358 g/mol. The summed E-state index contributed by atoms with van der Waals surface area (Å²) in [5, 5.41) is 13.0. The van der Waals surface area contributed by atoms with Gasteiger partial charge in [0, 0.05) is 19.1 Å². The van der Waals surface area contributed by atoms with E-state index in [-0.39, 0.29) is 57.4 Å². The van der Waals surface area contributed by atoms with Gasteiger partial charge >= 0.3 is 51.4 Å². The number of carbonyl (C=O) groups excluding carboxylic acids is 2. The Morgan fingerprint density at radius 2 is 2.00 bits per heavy atom.